The molecule has 0 aromatic carbocycles. The van der Waals surface area contributed by atoms with Crippen molar-refractivity contribution in [2.75, 3.05) is 33.9 Å². The van der Waals surface area contributed by atoms with E-state index < -0.39 is 0 Å². The molecule has 1 fully saturated rings. The van der Waals surface area contributed by atoms with Gasteiger partial charge in [-0.25, -0.2) is 0 Å². The van der Waals surface area contributed by atoms with Crippen molar-refractivity contribution in [3.8, 4) is 0 Å². The molecular formula is C13H28N2O. The number of likely N-dealkylation sites (N-methyl/N-ethyl adjacent to an activating group) is 1. The Morgan fingerprint density at radius 2 is 2.12 bits per heavy atom. The van der Waals surface area contributed by atoms with Crippen LogP contribution in [0.5, 0.6) is 0 Å². The predicted molar refractivity (Wildman–Crippen MR) is 68.8 cm³/mol. The number of nitrogens with one attached hydrogen (secondary N) is 1. The number of methoxy groups -OCH3 is 1. The summed E-state index contributed by atoms with van der Waals surface area (Å²) >= 11 is 0. The molecule has 1 aliphatic rings. The molecule has 1 aliphatic heterocycles. The van der Waals surface area contributed by atoms with Crippen molar-refractivity contribution in [2.24, 2.45) is 5.92 Å². The zero-order valence-electron chi connectivity index (χ0n) is 11.3. The number of ether oxygens (including phenoxy) is 1. The first-order chi connectivity index (χ1) is 7.65. The van der Waals surface area contributed by atoms with Gasteiger partial charge in [-0.2, -0.15) is 0 Å². The average Bonchev–Trinajstić information content (AvgIpc) is 2.26. The first-order valence-electron chi connectivity index (χ1n) is 6.57. The van der Waals surface area contributed by atoms with Gasteiger partial charge in [0.25, 0.3) is 0 Å². The van der Waals surface area contributed by atoms with E-state index in [2.05, 4.69) is 31.1 Å². The van der Waals surface area contributed by atoms with Gasteiger partial charge in [-0.15, -0.1) is 0 Å². The molecule has 0 amide bonds. The zero-order valence-corrected chi connectivity index (χ0v) is 11.3. The molecular weight excluding hydrogens is 200 g/mol. The second-order valence-corrected chi connectivity index (χ2v) is 5.35. The Bertz CT molecular complexity index is 179. The monoisotopic (exact) mass is 228 g/mol. The smallest absolute Gasteiger partial charge is 0.0620 e. The van der Waals surface area contributed by atoms with E-state index >= 15 is 0 Å². The first-order valence-corrected chi connectivity index (χ1v) is 6.57. The van der Waals surface area contributed by atoms with Gasteiger partial charge in [-0.3, -0.25) is 4.90 Å². The summed E-state index contributed by atoms with van der Waals surface area (Å²) in [6, 6.07) is 1.21. The Hall–Kier alpha value is -0.120. The topological polar surface area (TPSA) is 24.5 Å². The van der Waals surface area contributed by atoms with Crippen LogP contribution in [0.25, 0.3) is 0 Å². The highest BCUT2D eigenvalue weighted by Crippen LogP contribution is 2.13. The molecule has 16 heavy (non-hydrogen) atoms. The summed E-state index contributed by atoms with van der Waals surface area (Å²) in [6.07, 6.45) is 4.04. The van der Waals surface area contributed by atoms with Gasteiger partial charge in [-0.05, 0) is 32.4 Å². The van der Waals surface area contributed by atoms with Crippen LogP contribution in [0.1, 0.15) is 33.1 Å². The van der Waals surface area contributed by atoms with Crippen LogP contribution in [0.2, 0.25) is 0 Å². The molecule has 1 rings (SSSR count). The van der Waals surface area contributed by atoms with Crippen LogP contribution in [0.15, 0.2) is 0 Å². The lowest BCUT2D eigenvalue weighted by Gasteiger charge is -2.35. The van der Waals surface area contributed by atoms with E-state index in [4.69, 9.17) is 4.74 Å². The van der Waals surface area contributed by atoms with E-state index in [0.29, 0.717) is 18.0 Å². The molecule has 0 aromatic rings. The summed E-state index contributed by atoms with van der Waals surface area (Å²) in [5, 5.41) is 3.60. The third kappa shape index (κ3) is 4.40. The minimum atomic E-state index is 0.536. The number of rotatable bonds is 6. The highest BCUT2D eigenvalue weighted by molar-refractivity contribution is 4.79. The van der Waals surface area contributed by atoms with E-state index in [9.17, 15) is 0 Å². The molecule has 0 aromatic heterocycles. The average molecular weight is 228 g/mol. The van der Waals surface area contributed by atoms with Crippen LogP contribution in [0.3, 0.4) is 0 Å². The minimum absolute atomic E-state index is 0.536. The molecule has 0 radical (unpaired) electrons. The standard InChI is InChI=1S/C13H28N2O/c1-11(2)13(10-16-4)15(3)9-12-7-5-6-8-14-12/h11-14H,5-10H2,1-4H3. The van der Waals surface area contributed by atoms with Gasteiger partial charge in [-0.1, -0.05) is 20.3 Å². The lowest BCUT2D eigenvalue weighted by atomic mass is 10.0. The lowest BCUT2D eigenvalue weighted by molar-refractivity contribution is 0.0724. The molecule has 1 saturated heterocycles. The molecule has 2 unspecified atom stereocenters. The number of hydrogen-bond acceptors (Lipinski definition) is 3. The molecule has 3 heteroatoms. The maximum atomic E-state index is 5.31. The van der Waals surface area contributed by atoms with Crippen molar-refractivity contribution in [3.63, 3.8) is 0 Å². The zero-order chi connectivity index (χ0) is 12.0. The maximum absolute atomic E-state index is 5.31. The van der Waals surface area contributed by atoms with Crippen LogP contribution in [-0.4, -0.2) is 50.8 Å². The highest BCUT2D eigenvalue weighted by atomic mass is 16.5. The molecule has 2 atom stereocenters. The third-order valence-corrected chi connectivity index (χ3v) is 3.59. The summed E-state index contributed by atoms with van der Waals surface area (Å²) in [7, 11) is 4.02. The van der Waals surface area contributed by atoms with Crippen molar-refractivity contribution in [2.45, 2.75) is 45.2 Å². The molecule has 3 nitrogen and oxygen atoms in total. The molecule has 1 heterocycles. The summed E-state index contributed by atoms with van der Waals surface area (Å²) in [6.45, 7) is 7.71. The van der Waals surface area contributed by atoms with E-state index in [1.54, 1.807) is 7.11 Å². The van der Waals surface area contributed by atoms with E-state index in [1.807, 2.05) is 0 Å². The third-order valence-electron chi connectivity index (χ3n) is 3.59. The van der Waals surface area contributed by atoms with Crippen molar-refractivity contribution < 1.29 is 4.74 Å². The Labute approximate surface area is 101 Å². The van der Waals surface area contributed by atoms with E-state index in [1.165, 1.54) is 25.8 Å². The fourth-order valence-corrected chi connectivity index (χ4v) is 2.56. The van der Waals surface area contributed by atoms with Gasteiger partial charge in [0, 0.05) is 25.7 Å². The van der Waals surface area contributed by atoms with Crippen molar-refractivity contribution in [1.82, 2.24) is 10.2 Å². The minimum Gasteiger partial charge on any atom is -0.383 e. The van der Waals surface area contributed by atoms with Crippen LogP contribution in [0, 0.1) is 5.92 Å². The molecule has 1 N–H and O–H groups in total. The second-order valence-electron chi connectivity index (χ2n) is 5.35. The van der Waals surface area contributed by atoms with Gasteiger partial charge in [0.1, 0.15) is 0 Å². The summed E-state index contributed by atoms with van der Waals surface area (Å²) in [5.41, 5.74) is 0. The van der Waals surface area contributed by atoms with Gasteiger partial charge in [0.2, 0.25) is 0 Å². The highest BCUT2D eigenvalue weighted by Gasteiger charge is 2.22. The first kappa shape index (κ1) is 13.9. The predicted octanol–water partition coefficient (Wildman–Crippen LogP) is 1.73. The molecule has 0 bridgehead atoms. The quantitative estimate of drug-likeness (QED) is 0.749. The Morgan fingerprint density at radius 1 is 1.38 bits per heavy atom. The van der Waals surface area contributed by atoms with Crippen molar-refractivity contribution in [3.05, 3.63) is 0 Å². The fraction of sp³-hybridized carbons (Fsp3) is 1.00. The second kappa shape index (κ2) is 7.25. The van der Waals surface area contributed by atoms with E-state index in [0.717, 1.165) is 13.2 Å². The number of piperidine rings is 1. The summed E-state index contributed by atoms with van der Waals surface area (Å²) in [4.78, 5) is 2.46. The van der Waals surface area contributed by atoms with Crippen molar-refractivity contribution in [1.29, 1.82) is 0 Å². The summed E-state index contributed by atoms with van der Waals surface area (Å²) < 4.78 is 5.31. The Balaban J connectivity index is 2.37. The Kier molecular flexibility index (Phi) is 6.32. The summed E-state index contributed by atoms with van der Waals surface area (Å²) in [5.74, 6) is 0.647. The van der Waals surface area contributed by atoms with Gasteiger partial charge < -0.3 is 10.1 Å². The lowest BCUT2D eigenvalue weighted by Crippen LogP contribution is -2.48. The molecule has 0 spiro atoms. The molecule has 0 aliphatic carbocycles. The van der Waals surface area contributed by atoms with Crippen LogP contribution < -0.4 is 5.32 Å². The number of hydrogen-bond donors (Lipinski definition) is 1. The normalized spacial score (nSPS) is 24.0. The van der Waals surface area contributed by atoms with Crippen LogP contribution in [-0.2, 0) is 4.74 Å². The van der Waals surface area contributed by atoms with Crippen molar-refractivity contribution >= 4 is 0 Å². The Morgan fingerprint density at radius 3 is 2.62 bits per heavy atom. The fourth-order valence-electron chi connectivity index (χ4n) is 2.56. The van der Waals surface area contributed by atoms with Crippen LogP contribution in [0.4, 0.5) is 0 Å². The van der Waals surface area contributed by atoms with E-state index in [-0.39, 0.29) is 0 Å². The van der Waals surface area contributed by atoms with Gasteiger partial charge in [0.15, 0.2) is 0 Å². The maximum Gasteiger partial charge on any atom is 0.0620 e. The largest absolute Gasteiger partial charge is 0.383 e. The van der Waals surface area contributed by atoms with Crippen LogP contribution >= 0.6 is 0 Å². The molecule has 0 saturated carbocycles. The SMILES string of the molecule is COCC(C(C)C)N(C)CC1CCCCN1. The number of nitrogens with zero attached hydrogens (tertiary/aromatic N) is 1. The van der Waals surface area contributed by atoms with Gasteiger partial charge in [0.05, 0.1) is 6.61 Å². The van der Waals surface area contributed by atoms with Gasteiger partial charge >= 0.3 is 0 Å². The molecule has 96 valence electrons.